The molecule has 0 bridgehead atoms. The second-order valence-corrected chi connectivity index (χ2v) is 4.75. The van der Waals surface area contributed by atoms with Gasteiger partial charge >= 0.3 is 0 Å². The Bertz CT molecular complexity index is 174. The van der Waals surface area contributed by atoms with Gasteiger partial charge in [0.15, 0.2) is 0 Å². The summed E-state index contributed by atoms with van der Waals surface area (Å²) in [7, 11) is 0. The third kappa shape index (κ3) is 5.13. The normalized spacial score (nSPS) is 17.9. The summed E-state index contributed by atoms with van der Waals surface area (Å²) in [6.07, 6.45) is 9.90. The highest BCUT2D eigenvalue weighted by Gasteiger charge is 2.18. The van der Waals surface area contributed by atoms with Gasteiger partial charge in [-0.15, -0.1) is 6.58 Å². The molecule has 1 rings (SSSR count). The fourth-order valence-electron chi connectivity index (χ4n) is 2.55. The number of nitrogens with one attached hydrogen (secondary N) is 1. The van der Waals surface area contributed by atoms with E-state index in [9.17, 15) is 0 Å². The van der Waals surface area contributed by atoms with Crippen molar-refractivity contribution in [1.82, 2.24) is 10.2 Å². The van der Waals surface area contributed by atoms with Crippen molar-refractivity contribution in [1.29, 1.82) is 0 Å². The minimum absolute atomic E-state index is 0.839. The first-order chi connectivity index (χ1) is 7.88. The summed E-state index contributed by atoms with van der Waals surface area (Å²) in [6.45, 7) is 11.0. The van der Waals surface area contributed by atoms with Gasteiger partial charge in [-0.05, 0) is 58.3 Å². The van der Waals surface area contributed by atoms with Crippen LogP contribution < -0.4 is 5.32 Å². The van der Waals surface area contributed by atoms with E-state index >= 15 is 0 Å². The zero-order chi connectivity index (χ0) is 11.6. The number of rotatable bonds is 8. The molecule has 0 unspecified atom stereocenters. The van der Waals surface area contributed by atoms with E-state index in [4.69, 9.17) is 0 Å². The van der Waals surface area contributed by atoms with Gasteiger partial charge < -0.3 is 10.2 Å². The number of hydrogen-bond acceptors (Lipinski definition) is 2. The molecule has 1 aliphatic heterocycles. The second-order valence-electron chi connectivity index (χ2n) is 4.75. The van der Waals surface area contributed by atoms with Gasteiger partial charge in [0.1, 0.15) is 0 Å². The first-order valence-electron chi connectivity index (χ1n) is 6.94. The van der Waals surface area contributed by atoms with Crippen molar-refractivity contribution >= 4 is 0 Å². The van der Waals surface area contributed by atoms with E-state index in [-0.39, 0.29) is 0 Å². The third-order valence-electron chi connectivity index (χ3n) is 3.58. The second kappa shape index (κ2) is 8.77. The molecule has 0 spiro atoms. The van der Waals surface area contributed by atoms with Gasteiger partial charge in [-0.1, -0.05) is 19.4 Å². The lowest BCUT2D eigenvalue weighted by Crippen LogP contribution is -2.43. The molecule has 0 radical (unpaired) electrons. The Morgan fingerprint density at radius 2 is 2.00 bits per heavy atom. The summed E-state index contributed by atoms with van der Waals surface area (Å²) >= 11 is 0. The van der Waals surface area contributed by atoms with Crippen molar-refractivity contribution < 1.29 is 0 Å². The van der Waals surface area contributed by atoms with Crippen LogP contribution in [0.3, 0.4) is 0 Å². The van der Waals surface area contributed by atoms with E-state index in [0.29, 0.717) is 0 Å². The molecule has 0 aromatic carbocycles. The monoisotopic (exact) mass is 224 g/mol. The Kier molecular flexibility index (Phi) is 7.52. The lowest BCUT2D eigenvalue weighted by Gasteiger charge is -2.33. The van der Waals surface area contributed by atoms with Gasteiger partial charge in [0.2, 0.25) is 0 Å². The maximum atomic E-state index is 3.77. The fraction of sp³-hybridized carbons (Fsp3) is 0.857. The summed E-state index contributed by atoms with van der Waals surface area (Å²) < 4.78 is 0. The number of unbranched alkanes of at least 4 members (excludes halogenated alkanes) is 3. The van der Waals surface area contributed by atoms with Crippen molar-refractivity contribution in [3.05, 3.63) is 12.7 Å². The summed E-state index contributed by atoms with van der Waals surface area (Å²) in [5, 5.41) is 3.44. The molecule has 0 aliphatic carbocycles. The molecule has 1 N–H and O–H groups in total. The van der Waals surface area contributed by atoms with E-state index in [1.165, 1.54) is 64.7 Å². The Morgan fingerprint density at radius 1 is 1.25 bits per heavy atom. The average molecular weight is 224 g/mol. The van der Waals surface area contributed by atoms with Crippen LogP contribution in [-0.4, -0.2) is 37.1 Å². The molecular weight excluding hydrogens is 196 g/mol. The van der Waals surface area contributed by atoms with Crippen LogP contribution >= 0.6 is 0 Å². The molecule has 0 atom stereocenters. The van der Waals surface area contributed by atoms with Crippen LogP contribution in [0.5, 0.6) is 0 Å². The van der Waals surface area contributed by atoms with Crippen molar-refractivity contribution in [3.63, 3.8) is 0 Å². The number of nitrogens with zero attached hydrogens (tertiary/aromatic N) is 1. The van der Waals surface area contributed by atoms with Crippen molar-refractivity contribution in [2.24, 2.45) is 0 Å². The summed E-state index contributed by atoms with van der Waals surface area (Å²) in [5.41, 5.74) is 0. The van der Waals surface area contributed by atoms with Crippen molar-refractivity contribution in [2.75, 3.05) is 26.2 Å². The van der Waals surface area contributed by atoms with E-state index in [2.05, 4.69) is 23.7 Å². The van der Waals surface area contributed by atoms with Gasteiger partial charge in [-0.25, -0.2) is 0 Å². The third-order valence-corrected chi connectivity index (χ3v) is 3.58. The van der Waals surface area contributed by atoms with E-state index < -0.39 is 0 Å². The zero-order valence-corrected chi connectivity index (χ0v) is 10.9. The maximum absolute atomic E-state index is 3.77. The van der Waals surface area contributed by atoms with Crippen LogP contribution in [0.25, 0.3) is 0 Å². The summed E-state index contributed by atoms with van der Waals surface area (Å²) in [6, 6.07) is 0.839. The van der Waals surface area contributed by atoms with E-state index in [1.807, 2.05) is 6.08 Å². The molecule has 2 heteroatoms. The first kappa shape index (κ1) is 13.7. The zero-order valence-electron chi connectivity index (χ0n) is 10.9. The molecular formula is C14H28N2. The van der Waals surface area contributed by atoms with Crippen LogP contribution in [-0.2, 0) is 0 Å². The summed E-state index contributed by atoms with van der Waals surface area (Å²) in [4.78, 5) is 2.68. The van der Waals surface area contributed by atoms with Gasteiger partial charge in [0.05, 0.1) is 0 Å². The highest BCUT2D eigenvalue weighted by Crippen LogP contribution is 2.13. The molecule has 2 nitrogen and oxygen atoms in total. The minimum Gasteiger partial charge on any atom is -0.317 e. The molecule has 0 aromatic rings. The first-order valence-corrected chi connectivity index (χ1v) is 6.94. The smallest absolute Gasteiger partial charge is 0.0119 e. The maximum Gasteiger partial charge on any atom is 0.0119 e. The average Bonchev–Trinajstić information content (AvgIpc) is 2.35. The molecule has 1 saturated heterocycles. The number of piperidine rings is 1. The van der Waals surface area contributed by atoms with Gasteiger partial charge in [-0.2, -0.15) is 0 Å². The molecule has 1 fully saturated rings. The van der Waals surface area contributed by atoms with Gasteiger partial charge in [0, 0.05) is 6.04 Å². The van der Waals surface area contributed by atoms with Crippen LogP contribution in [0.4, 0.5) is 0 Å². The van der Waals surface area contributed by atoms with Crippen molar-refractivity contribution in [2.45, 2.75) is 51.5 Å². The molecule has 0 saturated carbocycles. The molecule has 1 aliphatic rings. The lowest BCUT2D eigenvalue weighted by atomic mass is 10.0. The molecule has 0 amide bonds. The minimum atomic E-state index is 0.839. The highest BCUT2D eigenvalue weighted by molar-refractivity contribution is 4.77. The predicted octanol–water partition coefficient (Wildman–Crippen LogP) is 2.81. The molecule has 0 aromatic heterocycles. The lowest BCUT2D eigenvalue weighted by molar-refractivity contribution is 0.167. The fourth-order valence-corrected chi connectivity index (χ4v) is 2.55. The predicted molar refractivity (Wildman–Crippen MR) is 71.8 cm³/mol. The SMILES string of the molecule is C=CCCCCCN(CC)C1CCNCC1. The molecule has 1 heterocycles. The molecule has 16 heavy (non-hydrogen) atoms. The van der Waals surface area contributed by atoms with Crippen LogP contribution in [0.2, 0.25) is 0 Å². The Hall–Kier alpha value is -0.340. The van der Waals surface area contributed by atoms with Gasteiger partial charge in [-0.3, -0.25) is 0 Å². The Morgan fingerprint density at radius 3 is 2.62 bits per heavy atom. The van der Waals surface area contributed by atoms with E-state index in [1.54, 1.807) is 0 Å². The number of hydrogen-bond donors (Lipinski definition) is 1. The largest absolute Gasteiger partial charge is 0.317 e. The van der Waals surface area contributed by atoms with E-state index in [0.717, 1.165) is 6.04 Å². The van der Waals surface area contributed by atoms with Crippen molar-refractivity contribution in [3.8, 4) is 0 Å². The Balaban J connectivity index is 2.12. The van der Waals surface area contributed by atoms with Crippen LogP contribution in [0.1, 0.15) is 45.4 Å². The molecule has 94 valence electrons. The van der Waals surface area contributed by atoms with Gasteiger partial charge in [0.25, 0.3) is 0 Å². The van der Waals surface area contributed by atoms with Crippen LogP contribution in [0.15, 0.2) is 12.7 Å². The quantitative estimate of drug-likeness (QED) is 0.504. The Labute approximate surface area is 101 Å². The highest BCUT2D eigenvalue weighted by atomic mass is 15.2. The number of allylic oxidation sites excluding steroid dienone is 1. The topological polar surface area (TPSA) is 15.3 Å². The summed E-state index contributed by atoms with van der Waals surface area (Å²) in [5.74, 6) is 0. The standard InChI is InChI=1S/C14H28N2/c1-3-5-6-7-8-13-16(4-2)14-9-11-15-12-10-14/h3,14-15H,1,4-13H2,2H3. The van der Waals surface area contributed by atoms with Crippen LogP contribution in [0, 0.1) is 0 Å².